The predicted molar refractivity (Wildman–Crippen MR) is 136 cm³/mol. The van der Waals surface area contributed by atoms with Crippen LogP contribution in [0.4, 0.5) is 0 Å². The average molecular weight is 475 g/mol. The van der Waals surface area contributed by atoms with Gasteiger partial charge in [-0.2, -0.15) is 0 Å². The molecule has 3 aromatic rings. The van der Waals surface area contributed by atoms with Crippen molar-refractivity contribution >= 4 is 22.8 Å². The first-order valence-corrected chi connectivity index (χ1v) is 12.6. The lowest BCUT2D eigenvalue weighted by Crippen LogP contribution is -2.40. The van der Waals surface area contributed by atoms with Crippen LogP contribution >= 0.6 is 0 Å². The van der Waals surface area contributed by atoms with Crippen molar-refractivity contribution in [3.63, 3.8) is 0 Å². The number of rotatable bonds is 5. The van der Waals surface area contributed by atoms with E-state index in [0.29, 0.717) is 43.7 Å². The van der Waals surface area contributed by atoms with Crippen LogP contribution in [0.15, 0.2) is 48.8 Å². The lowest BCUT2D eigenvalue weighted by Gasteiger charge is -2.29. The molecule has 184 valence electrons. The van der Waals surface area contributed by atoms with E-state index in [0.717, 1.165) is 48.8 Å². The maximum Gasteiger partial charge on any atom is 0.257 e. The largest absolute Gasteiger partial charge is 0.378 e. The van der Waals surface area contributed by atoms with Gasteiger partial charge < -0.3 is 19.1 Å². The molecule has 0 N–H and O–H groups in total. The van der Waals surface area contributed by atoms with Crippen molar-refractivity contribution in [2.24, 2.45) is 5.92 Å². The number of morpholine rings is 1. The van der Waals surface area contributed by atoms with Crippen LogP contribution in [0.25, 0.3) is 11.0 Å². The van der Waals surface area contributed by atoms with Gasteiger partial charge in [-0.15, -0.1) is 0 Å². The Morgan fingerprint density at radius 2 is 1.74 bits per heavy atom. The van der Waals surface area contributed by atoms with Crippen molar-refractivity contribution < 1.29 is 14.3 Å². The highest BCUT2D eigenvalue weighted by Gasteiger charge is 2.26. The summed E-state index contributed by atoms with van der Waals surface area (Å²) in [4.78, 5) is 33.4. The Balaban J connectivity index is 1.25. The Kier molecular flexibility index (Phi) is 6.86. The van der Waals surface area contributed by atoms with Gasteiger partial charge in [0, 0.05) is 51.7 Å². The molecule has 1 saturated heterocycles. The number of ether oxygens (including phenoxy) is 1. The van der Waals surface area contributed by atoms with Crippen LogP contribution in [0, 0.1) is 5.92 Å². The second-order valence-electron chi connectivity index (χ2n) is 10.0. The molecule has 7 heteroatoms. The number of hydrogen-bond acceptors (Lipinski definition) is 4. The van der Waals surface area contributed by atoms with Crippen molar-refractivity contribution in [3.8, 4) is 0 Å². The molecule has 0 bridgehead atoms. The molecule has 1 aliphatic heterocycles. The van der Waals surface area contributed by atoms with Crippen molar-refractivity contribution in [2.75, 3.05) is 40.4 Å². The summed E-state index contributed by atoms with van der Waals surface area (Å²) in [7, 11) is 3.56. The Morgan fingerprint density at radius 3 is 2.43 bits per heavy atom. The molecule has 2 amide bonds. The SMILES string of the molecule is CN(C)C(=O)c1ccc(C2CCC(Cn3cc(C(=O)N4CCOCC4)c4ncccc43)CC2)cc1. The predicted octanol–water partition coefficient (Wildman–Crippen LogP) is 4.18. The van der Waals surface area contributed by atoms with Gasteiger partial charge in [0.1, 0.15) is 5.52 Å². The fourth-order valence-electron chi connectivity index (χ4n) is 5.48. The van der Waals surface area contributed by atoms with E-state index in [2.05, 4.69) is 27.8 Å². The Labute approximate surface area is 206 Å². The van der Waals surface area contributed by atoms with E-state index in [1.807, 2.05) is 29.3 Å². The highest BCUT2D eigenvalue weighted by atomic mass is 16.5. The smallest absolute Gasteiger partial charge is 0.257 e. The minimum atomic E-state index is 0.0418. The standard InChI is InChI=1S/C28H34N4O3/c1-30(2)27(33)23-11-9-22(10-12-23)21-7-5-20(6-8-21)18-32-19-24(26-25(32)4-3-13-29-26)28(34)31-14-16-35-17-15-31/h3-4,9-13,19-21H,5-8,14-18H2,1-2H3. The zero-order valence-electron chi connectivity index (χ0n) is 20.7. The fourth-order valence-corrected chi connectivity index (χ4v) is 5.48. The van der Waals surface area contributed by atoms with E-state index in [1.54, 1.807) is 25.2 Å². The molecule has 7 nitrogen and oxygen atoms in total. The third kappa shape index (κ3) is 4.96. The summed E-state index contributed by atoms with van der Waals surface area (Å²) in [6.07, 6.45) is 8.37. The molecule has 2 fully saturated rings. The van der Waals surface area contributed by atoms with Gasteiger partial charge in [-0.3, -0.25) is 14.6 Å². The number of amides is 2. The van der Waals surface area contributed by atoms with Crippen LogP contribution in [0.2, 0.25) is 0 Å². The molecule has 0 atom stereocenters. The van der Waals surface area contributed by atoms with E-state index in [1.165, 1.54) is 5.56 Å². The summed E-state index contributed by atoms with van der Waals surface area (Å²) in [5.74, 6) is 1.20. The van der Waals surface area contributed by atoms with Gasteiger partial charge in [0.2, 0.25) is 0 Å². The first-order chi connectivity index (χ1) is 17.0. The van der Waals surface area contributed by atoms with Gasteiger partial charge in [-0.05, 0) is 67.3 Å². The number of benzene rings is 1. The van der Waals surface area contributed by atoms with E-state index >= 15 is 0 Å². The molecule has 2 aromatic heterocycles. The number of carbonyl (C=O) groups excluding carboxylic acids is 2. The molecule has 2 aliphatic rings. The van der Waals surface area contributed by atoms with E-state index in [9.17, 15) is 9.59 Å². The van der Waals surface area contributed by atoms with Gasteiger partial charge >= 0.3 is 0 Å². The molecule has 0 radical (unpaired) electrons. The van der Waals surface area contributed by atoms with Gasteiger partial charge in [-0.1, -0.05) is 12.1 Å². The number of hydrogen-bond donors (Lipinski definition) is 0. The van der Waals surface area contributed by atoms with Crippen molar-refractivity contribution in [1.82, 2.24) is 19.4 Å². The lowest BCUT2D eigenvalue weighted by molar-refractivity contribution is 0.0304. The molecule has 0 spiro atoms. The van der Waals surface area contributed by atoms with Crippen molar-refractivity contribution in [1.29, 1.82) is 0 Å². The zero-order chi connectivity index (χ0) is 24.4. The van der Waals surface area contributed by atoms with Crippen LogP contribution in [-0.2, 0) is 11.3 Å². The van der Waals surface area contributed by atoms with Crippen LogP contribution in [0.1, 0.15) is 57.9 Å². The minimum absolute atomic E-state index is 0.0418. The first-order valence-electron chi connectivity index (χ1n) is 12.6. The second kappa shape index (κ2) is 10.2. The lowest BCUT2D eigenvalue weighted by atomic mass is 9.78. The highest BCUT2D eigenvalue weighted by Crippen LogP contribution is 2.37. The zero-order valence-corrected chi connectivity index (χ0v) is 20.7. The monoisotopic (exact) mass is 474 g/mol. The molecule has 3 heterocycles. The molecule has 5 rings (SSSR count). The van der Waals surface area contributed by atoms with Crippen LogP contribution in [0.3, 0.4) is 0 Å². The maximum absolute atomic E-state index is 13.2. The molecule has 1 saturated carbocycles. The summed E-state index contributed by atoms with van der Waals surface area (Å²) in [5, 5.41) is 0. The number of carbonyl (C=O) groups is 2. The third-order valence-electron chi connectivity index (χ3n) is 7.50. The van der Waals surface area contributed by atoms with Gasteiger partial charge in [0.15, 0.2) is 0 Å². The van der Waals surface area contributed by atoms with E-state index < -0.39 is 0 Å². The molecular formula is C28H34N4O3. The fraction of sp³-hybridized carbons (Fsp3) is 0.464. The van der Waals surface area contributed by atoms with E-state index in [4.69, 9.17) is 4.74 Å². The van der Waals surface area contributed by atoms with Crippen LogP contribution in [-0.4, -0.2) is 71.6 Å². The summed E-state index contributed by atoms with van der Waals surface area (Å²) in [6.45, 7) is 3.35. The summed E-state index contributed by atoms with van der Waals surface area (Å²) in [6, 6.07) is 12.2. The summed E-state index contributed by atoms with van der Waals surface area (Å²) >= 11 is 0. The number of nitrogens with zero attached hydrogens (tertiary/aromatic N) is 4. The average Bonchev–Trinajstić information content (AvgIpc) is 3.27. The number of fused-ring (bicyclic) bond motifs is 1. The van der Waals surface area contributed by atoms with Crippen LogP contribution in [0.5, 0.6) is 0 Å². The van der Waals surface area contributed by atoms with Gasteiger partial charge in [-0.25, -0.2) is 0 Å². The Morgan fingerprint density at radius 1 is 1.03 bits per heavy atom. The normalized spacial score (nSPS) is 20.7. The molecule has 1 aromatic carbocycles. The number of aromatic nitrogens is 2. The van der Waals surface area contributed by atoms with E-state index in [-0.39, 0.29) is 11.8 Å². The molecule has 1 aliphatic carbocycles. The summed E-state index contributed by atoms with van der Waals surface area (Å²) < 4.78 is 7.65. The third-order valence-corrected chi connectivity index (χ3v) is 7.50. The van der Waals surface area contributed by atoms with Gasteiger partial charge in [0.05, 0.1) is 24.3 Å². The van der Waals surface area contributed by atoms with Crippen molar-refractivity contribution in [2.45, 2.75) is 38.1 Å². The topological polar surface area (TPSA) is 67.7 Å². The second-order valence-corrected chi connectivity index (χ2v) is 10.0. The molecule has 0 unspecified atom stereocenters. The quantitative estimate of drug-likeness (QED) is 0.556. The Hall–Kier alpha value is -3.19. The van der Waals surface area contributed by atoms with Gasteiger partial charge in [0.25, 0.3) is 11.8 Å². The van der Waals surface area contributed by atoms with Crippen LogP contribution < -0.4 is 0 Å². The minimum Gasteiger partial charge on any atom is -0.378 e. The highest BCUT2D eigenvalue weighted by molar-refractivity contribution is 6.05. The maximum atomic E-state index is 13.2. The Bertz CT molecular complexity index is 1190. The first kappa shape index (κ1) is 23.5. The van der Waals surface area contributed by atoms with Crippen molar-refractivity contribution in [3.05, 3.63) is 65.5 Å². The summed E-state index contributed by atoms with van der Waals surface area (Å²) in [5.41, 5.74) is 4.59. The number of pyridine rings is 1. The molecular weight excluding hydrogens is 440 g/mol. The molecule has 35 heavy (non-hydrogen) atoms.